The predicted octanol–water partition coefficient (Wildman–Crippen LogP) is 4.12. The largest absolute Gasteiger partial charge is 0.469 e. The quantitative estimate of drug-likeness (QED) is 0.186. The van der Waals surface area contributed by atoms with Crippen LogP contribution in [0.3, 0.4) is 0 Å². The summed E-state index contributed by atoms with van der Waals surface area (Å²) in [6.45, 7) is 6.84. The molecule has 11 heteroatoms. The molecule has 0 aliphatic rings. The van der Waals surface area contributed by atoms with E-state index in [1.807, 2.05) is 6.07 Å². The van der Waals surface area contributed by atoms with Gasteiger partial charge in [-0.25, -0.2) is 13.9 Å². The summed E-state index contributed by atoms with van der Waals surface area (Å²) < 4.78 is 19.9. The molecule has 0 radical (unpaired) electrons. The maximum absolute atomic E-state index is 12.9. The van der Waals surface area contributed by atoms with E-state index in [0.717, 1.165) is 0 Å². The number of carbonyl (C=O) groups excluding carboxylic acids is 1. The molecular weight excluding hydrogens is 468 g/mol. The summed E-state index contributed by atoms with van der Waals surface area (Å²) in [5, 5.41) is 11.7. The number of nitrogens with two attached hydrogens (primary N) is 1. The van der Waals surface area contributed by atoms with E-state index in [9.17, 15) is 19.1 Å². The maximum Gasteiger partial charge on any atom is 0.313 e. The molecule has 178 valence electrons. The third kappa shape index (κ3) is 6.37. The molecule has 0 aromatic heterocycles. The number of nitrogens with zero attached hydrogens (tertiary/aromatic N) is 2. The van der Waals surface area contributed by atoms with E-state index in [1.165, 1.54) is 19.2 Å². The first-order valence-corrected chi connectivity index (χ1v) is 11.5. The maximum atomic E-state index is 12.9. The zero-order chi connectivity index (χ0) is 25.0. The van der Waals surface area contributed by atoms with Gasteiger partial charge in [0.2, 0.25) is 0 Å². The molecule has 0 amide bonds. The number of nitrogens with one attached hydrogen (secondary N) is 1. The first-order valence-electron chi connectivity index (χ1n) is 9.93. The highest BCUT2D eigenvalue weighted by molar-refractivity contribution is 7.84. The van der Waals surface area contributed by atoms with E-state index in [1.54, 1.807) is 52.0 Å². The standard InChI is InChI=1S/C22H27ClN4O5S/c1-21(2,3)33(31)26-22(4,13-17(28)32-5)15-11-12-16(19(18(15)23)27(29)30)25-20(24)14-9-7-6-8-10-14/h6-12,26H,13H2,1-5H3,(H2,24,25). The highest BCUT2D eigenvalue weighted by Crippen LogP contribution is 2.43. The number of methoxy groups -OCH3 is 1. The summed E-state index contributed by atoms with van der Waals surface area (Å²) in [4.78, 5) is 27.6. The number of esters is 1. The van der Waals surface area contributed by atoms with E-state index in [0.29, 0.717) is 5.56 Å². The Kier molecular flexibility index (Phi) is 8.34. The van der Waals surface area contributed by atoms with Gasteiger partial charge in [0.25, 0.3) is 0 Å². The molecule has 0 aliphatic heterocycles. The molecule has 0 bridgehead atoms. The average molecular weight is 495 g/mol. The number of ether oxygens (including phenoxy) is 1. The average Bonchev–Trinajstić information content (AvgIpc) is 2.73. The number of amidine groups is 1. The highest BCUT2D eigenvalue weighted by Gasteiger charge is 2.39. The number of carbonyl (C=O) groups is 1. The molecular formula is C22H27ClN4O5S. The molecule has 0 fully saturated rings. The number of halogens is 1. The summed E-state index contributed by atoms with van der Waals surface area (Å²) in [5.74, 6) is -0.531. The molecule has 2 unspecified atom stereocenters. The van der Waals surface area contributed by atoms with E-state index in [2.05, 4.69) is 9.71 Å². The Bertz CT molecular complexity index is 1100. The Hall–Kier alpha value is -2.82. The van der Waals surface area contributed by atoms with Gasteiger partial charge in [0.1, 0.15) is 16.5 Å². The third-order valence-electron chi connectivity index (χ3n) is 4.78. The van der Waals surface area contributed by atoms with Crippen LogP contribution in [0.1, 0.15) is 45.2 Å². The van der Waals surface area contributed by atoms with Gasteiger partial charge in [0, 0.05) is 5.56 Å². The number of nitro benzene ring substituents is 1. The third-order valence-corrected chi connectivity index (χ3v) is 6.91. The van der Waals surface area contributed by atoms with Gasteiger partial charge >= 0.3 is 11.7 Å². The van der Waals surface area contributed by atoms with Gasteiger partial charge in [-0.2, -0.15) is 0 Å². The van der Waals surface area contributed by atoms with E-state index in [-0.39, 0.29) is 28.5 Å². The van der Waals surface area contributed by atoms with Gasteiger partial charge in [0.05, 0.1) is 39.7 Å². The minimum atomic E-state index is -1.62. The molecule has 2 atom stereocenters. The van der Waals surface area contributed by atoms with Crippen LogP contribution in [0.25, 0.3) is 0 Å². The Morgan fingerprint density at radius 1 is 1.21 bits per heavy atom. The number of aliphatic imine (C=N–C) groups is 1. The van der Waals surface area contributed by atoms with Crippen LogP contribution < -0.4 is 10.5 Å². The molecule has 0 heterocycles. The van der Waals surface area contributed by atoms with Crippen LogP contribution in [0.4, 0.5) is 11.4 Å². The Morgan fingerprint density at radius 2 is 1.82 bits per heavy atom. The fraction of sp³-hybridized carbons (Fsp3) is 0.364. The van der Waals surface area contributed by atoms with Gasteiger partial charge in [-0.05, 0) is 39.3 Å². The van der Waals surface area contributed by atoms with Crippen molar-refractivity contribution in [3.63, 3.8) is 0 Å². The summed E-state index contributed by atoms with van der Waals surface area (Å²) >= 11 is 6.50. The number of hydrogen-bond donors (Lipinski definition) is 2. The molecule has 2 rings (SSSR count). The van der Waals surface area contributed by atoms with Gasteiger partial charge in [-0.1, -0.05) is 48.0 Å². The number of nitro groups is 1. The summed E-state index contributed by atoms with van der Waals surface area (Å²) in [5.41, 5.74) is 4.97. The number of rotatable bonds is 8. The second-order valence-corrected chi connectivity index (χ2v) is 10.8. The van der Waals surface area contributed by atoms with Crippen molar-refractivity contribution >= 4 is 45.8 Å². The van der Waals surface area contributed by atoms with Crippen molar-refractivity contribution in [2.45, 2.75) is 44.4 Å². The Balaban J connectivity index is 2.66. The second-order valence-electron chi connectivity index (χ2n) is 8.48. The fourth-order valence-corrected chi connectivity index (χ4v) is 4.29. The number of hydrogen-bond acceptors (Lipinski definition) is 6. The van der Waals surface area contributed by atoms with Crippen LogP contribution in [0.5, 0.6) is 0 Å². The monoisotopic (exact) mass is 494 g/mol. The summed E-state index contributed by atoms with van der Waals surface area (Å²) in [7, 11) is -0.405. The van der Waals surface area contributed by atoms with Crippen molar-refractivity contribution < 1.29 is 18.7 Å². The molecule has 3 N–H and O–H groups in total. The topological polar surface area (TPSA) is 137 Å². The highest BCUT2D eigenvalue weighted by atomic mass is 35.5. The summed E-state index contributed by atoms with van der Waals surface area (Å²) in [6.07, 6.45) is -0.267. The van der Waals surface area contributed by atoms with Crippen molar-refractivity contribution in [1.29, 1.82) is 0 Å². The zero-order valence-corrected chi connectivity index (χ0v) is 20.6. The smallest absolute Gasteiger partial charge is 0.313 e. The van der Waals surface area contributed by atoms with E-state index in [4.69, 9.17) is 22.1 Å². The fourth-order valence-electron chi connectivity index (χ4n) is 2.95. The molecule has 0 aliphatic carbocycles. The van der Waals surface area contributed by atoms with E-state index >= 15 is 0 Å². The lowest BCUT2D eigenvalue weighted by Gasteiger charge is -2.33. The Labute approximate surface area is 200 Å². The van der Waals surface area contributed by atoms with Crippen LogP contribution in [-0.4, -0.2) is 32.8 Å². The normalized spacial score (nSPS) is 14.9. The lowest BCUT2D eigenvalue weighted by Crippen LogP contribution is -2.47. The minimum absolute atomic E-state index is 0.0486. The van der Waals surface area contributed by atoms with Crippen LogP contribution in [-0.2, 0) is 26.1 Å². The minimum Gasteiger partial charge on any atom is -0.469 e. The number of benzene rings is 2. The first kappa shape index (κ1) is 26.4. The molecule has 33 heavy (non-hydrogen) atoms. The van der Waals surface area contributed by atoms with Crippen LogP contribution in [0, 0.1) is 10.1 Å². The van der Waals surface area contributed by atoms with Gasteiger partial charge in [0.15, 0.2) is 0 Å². The van der Waals surface area contributed by atoms with Crippen LogP contribution >= 0.6 is 11.6 Å². The van der Waals surface area contributed by atoms with E-state index < -0.39 is 37.9 Å². The molecule has 0 saturated heterocycles. The molecule has 2 aromatic carbocycles. The lowest BCUT2D eigenvalue weighted by molar-refractivity contribution is -0.384. The van der Waals surface area contributed by atoms with Crippen LogP contribution in [0.15, 0.2) is 47.5 Å². The van der Waals surface area contributed by atoms with Gasteiger partial charge < -0.3 is 10.5 Å². The van der Waals surface area contributed by atoms with Crippen molar-refractivity contribution in [3.05, 3.63) is 68.7 Å². The molecule has 0 spiro atoms. The van der Waals surface area contributed by atoms with Gasteiger partial charge in [-0.15, -0.1) is 0 Å². The molecule has 0 saturated carbocycles. The van der Waals surface area contributed by atoms with Crippen molar-refractivity contribution in [1.82, 2.24) is 4.72 Å². The van der Waals surface area contributed by atoms with Crippen molar-refractivity contribution in [2.24, 2.45) is 10.7 Å². The SMILES string of the molecule is COC(=O)CC(C)(NS(=O)C(C)(C)C)c1ccc(N=C(N)c2ccccc2)c([N+](=O)[O-])c1Cl. The van der Waals surface area contributed by atoms with Crippen molar-refractivity contribution in [3.8, 4) is 0 Å². The summed E-state index contributed by atoms with van der Waals surface area (Å²) in [6, 6.07) is 11.7. The van der Waals surface area contributed by atoms with Crippen LogP contribution in [0.2, 0.25) is 5.02 Å². The van der Waals surface area contributed by atoms with Gasteiger partial charge in [-0.3, -0.25) is 14.9 Å². The molecule has 2 aromatic rings. The predicted molar refractivity (Wildman–Crippen MR) is 130 cm³/mol. The first-order chi connectivity index (χ1) is 15.3. The second kappa shape index (κ2) is 10.4. The zero-order valence-electron chi connectivity index (χ0n) is 19.0. The Morgan fingerprint density at radius 3 is 2.33 bits per heavy atom. The lowest BCUT2D eigenvalue weighted by atomic mass is 9.89. The molecule has 9 nitrogen and oxygen atoms in total. The van der Waals surface area contributed by atoms with Crippen molar-refractivity contribution in [2.75, 3.05) is 7.11 Å².